The van der Waals surface area contributed by atoms with Gasteiger partial charge in [-0.25, -0.2) is 10.2 Å². The Kier molecular flexibility index (Phi) is 8.10. The maximum Gasteiger partial charge on any atom is 0.338 e. The monoisotopic (exact) mass is 408 g/mol. The maximum atomic E-state index is 11.8. The molecule has 1 amide bonds. The second-order valence-electron chi connectivity index (χ2n) is 5.39. The van der Waals surface area contributed by atoms with Gasteiger partial charge in [0.1, 0.15) is 5.75 Å². The van der Waals surface area contributed by atoms with E-state index in [4.69, 9.17) is 32.7 Å². The van der Waals surface area contributed by atoms with E-state index in [2.05, 4.69) is 10.5 Å². The van der Waals surface area contributed by atoms with E-state index in [1.807, 2.05) is 6.92 Å². The number of hydrogen-bond acceptors (Lipinski definition) is 5. The molecule has 0 radical (unpaired) electrons. The van der Waals surface area contributed by atoms with E-state index in [9.17, 15) is 9.59 Å². The van der Waals surface area contributed by atoms with Crippen molar-refractivity contribution >= 4 is 41.3 Å². The molecule has 0 aromatic heterocycles. The molecule has 0 heterocycles. The van der Waals surface area contributed by atoms with Crippen molar-refractivity contribution in [2.75, 3.05) is 13.2 Å². The molecule has 0 spiro atoms. The number of rotatable bonds is 8. The van der Waals surface area contributed by atoms with Gasteiger partial charge in [-0.15, -0.1) is 0 Å². The normalized spacial score (nSPS) is 10.6. The van der Waals surface area contributed by atoms with Gasteiger partial charge in [0.25, 0.3) is 5.91 Å². The molecule has 6 nitrogen and oxygen atoms in total. The van der Waals surface area contributed by atoms with Crippen molar-refractivity contribution in [2.45, 2.75) is 13.3 Å². The molecule has 0 aliphatic rings. The Bertz CT molecular complexity index is 823. The summed E-state index contributed by atoms with van der Waals surface area (Å²) in [5, 5.41) is 4.57. The highest BCUT2D eigenvalue weighted by molar-refractivity contribution is 6.43. The standard InChI is InChI=1S/C19H18Cl2N2O4/c1-2-10-26-19(25)13-6-8-15(9-7-13)27-12-17(24)23-22-11-14-4-3-5-16(20)18(14)21/h3-9,11H,2,10,12H2,1H3,(H,23,24). The Morgan fingerprint density at radius 2 is 1.89 bits per heavy atom. The molecule has 2 rings (SSSR count). The van der Waals surface area contributed by atoms with Crippen molar-refractivity contribution in [3.8, 4) is 5.75 Å². The molecule has 27 heavy (non-hydrogen) atoms. The lowest BCUT2D eigenvalue weighted by molar-refractivity contribution is -0.123. The molecule has 0 atom stereocenters. The summed E-state index contributed by atoms with van der Waals surface area (Å²) >= 11 is 11.9. The topological polar surface area (TPSA) is 77.0 Å². The molecule has 0 saturated heterocycles. The minimum absolute atomic E-state index is 0.236. The summed E-state index contributed by atoms with van der Waals surface area (Å²) in [6, 6.07) is 11.4. The van der Waals surface area contributed by atoms with Crippen molar-refractivity contribution in [1.29, 1.82) is 0 Å². The SMILES string of the molecule is CCCOC(=O)c1ccc(OCC(=O)NN=Cc2cccc(Cl)c2Cl)cc1. The predicted octanol–water partition coefficient (Wildman–Crippen LogP) is 4.09. The first-order valence-electron chi connectivity index (χ1n) is 8.17. The number of nitrogens with one attached hydrogen (secondary N) is 1. The molecule has 0 fully saturated rings. The van der Waals surface area contributed by atoms with Gasteiger partial charge >= 0.3 is 5.97 Å². The van der Waals surface area contributed by atoms with Crippen LogP contribution >= 0.6 is 23.2 Å². The van der Waals surface area contributed by atoms with Crippen molar-refractivity contribution in [2.24, 2.45) is 5.10 Å². The zero-order chi connectivity index (χ0) is 19.6. The summed E-state index contributed by atoms with van der Waals surface area (Å²) in [7, 11) is 0. The second-order valence-corrected chi connectivity index (χ2v) is 6.17. The third-order valence-electron chi connectivity index (χ3n) is 3.27. The predicted molar refractivity (Wildman–Crippen MR) is 105 cm³/mol. The van der Waals surface area contributed by atoms with E-state index in [1.165, 1.54) is 6.21 Å². The van der Waals surface area contributed by atoms with Gasteiger partial charge in [0.15, 0.2) is 6.61 Å². The largest absolute Gasteiger partial charge is 0.484 e. The van der Waals surface area contributed by atoms with E-state index in [0.29, 0.717) is 33.5 Å². The number of carbonyl (C=O) groups is 2. The molecule has 142 valence electrons. The highest BCUT2D eigenvalue weighted by Gasteiger charge is 2.07. The third-order valence-corrected chi connectivity index (χ3v) is 4.11. The third kappa shape index (κ3) is 6.58. The lowest BCUT2D eigenvalue weighted by atomic mass is 10.2. The summed E-state index contributed by atoms with van der Waals surface area (Å²) in [4.78, 5) is 23.5. The van der Waals surface area contributed by atoms with Gasteiger partial charge in [0.2, 0.25) is 0 Å². The summed E-state index contributed by atoms with van der Waals surface area (Å²) in [5.41, 5.74) is 3.33. The average molecular weight is 409 g/mol. The van der Waals surface area contributed by atoms with Crippen LogP contribution in [0.2, 0.25) is 10.0 Å². The van der Waals surface area contributed by atoms with Gasteiger partial charge in [-0.1, -0.05) is 42.3 Å². The summed E-state index contributed by atoms with van der Waals surface area (Å²) < 4.78 is 10.4. The van der Waals surface area contributed by atoms with Crippen LogP contribution in [-0.4, -0.2) is 31.3 Å². The highest BCUT2D eigenvalue weighted by atomic mass is 35.5. The van der Waals surface area contributed by atoms with Crippen molar-refractivity contribution in [3.05, 3.63) is 63.6 Å². The van der Waals surface area contributed by atoms with E-state index < -0.39 is 11.9 Å². The number of nitrogens with zero attached hydrogens (tertiary/aromatic N) is 1. The first kappa shape index (κ1) is 20.7. The first-order valence-corrected chi connectivity index (χ1v) is 8.92. The van der Waals surface area contributed by atoms with Crippen LogP contribution in [0.4, 0.5) is 0 Å². The summed E-state index contributed by atoms with van der Waals surface area (Å²) in [6.07, 6.45) is 2.15. The maximum absolute atomic E-state index is 11.8. The van der Waals surface area contributed by atoms with Gasteiger partial charge in [-0.2, -0.15) is 5.10 Å². The van der Waals surface area contributed by atoms with E-state index in [-0.39, 0.29) is 6.61 Å². The van der Waals surface area contributed by atoms with Gasteiger partial charge in [-0.3, -0.25) is 4.79 Å². The van der Waals surface area contributed by atoms with Crippen LogP contribution in [-0.2, 0) is 9.53 Å². The Morgan fingerprint density at radius 1 is 1.15 bits per heavy atom. The molecule has 0 aliphatic carbocycles. The lowest BCUT2D eigenvalue weighted by Gasteiger charge is -2.06. The molecule has 1 N–H and O–H groups in total. The molecule has 0 bridgehead atoms. The highest BCUT2D eigenvalue weighted by Crippen LogP contribution is 2.24. The van der Waals surface area contributed by atoms with Crippen molar-refractivity contribution in [3.63, 3.8) is 0 Å². The van der Waals surface area contributed by atoms with Crippen LogP contribution in [0.15, 0.2) is 47.6 Å². The van der Waals surface area contributed by atoms with Crippen LogP contribution in [0.1, 0.15) is 29.3 Å². The van der Waals surface area contributed by atoms with Gasteiger partial charge in [0.05, 0.1) is 28.4 Å². The van der Waals surface area contributed by atoms with E-state index in [1.54, 1.807) is 42.5 Å². The fourth-order valence-electron chi connectivity index (χ4n) is 1.94. The zero-order valence-corrected chi connectivity index (χ0v) is 16.1. The Balaban J connectivity index is 1.80. The molecule has 2 aromatic rings. The minimum Gasteiger partial charge on any atom is -0.484 e. The molecule has 0 saturated carbocycles. The molecule has 0 aliphatic heterocycles. The molecular formula is C19H18Cl2N2O4. The number of hydrogen-bond donors (Lipinski definition) is 1. The minimum atomic E-state index is -0.448. The zero-order valence-electron chi connectivity index (χ0n) is 14.6. The van der Waals surface area contributed by atoms with Gasteiger partial charge < -0.3 is 9.47 Å². The van der Waals surface area contributed by atoms with Crippen LogP contribution in [0, 0.1) is 0 Å². The Labute approximate surface area is 167 Å². The number of amides is 1. The van der Waals surface area contributed by atoms with Crippen LogP contribution in [0.3, 0.4) is 0 Å². The fourth-order valence-corrected chi connectivity index (χ4v) is 2.30. The van der Waals surface area contributed by atoms with Gasteiger partial charge in [0, 0.05) is 5.56 Å². The fraction of sp³-hybridized carbons (Fsp3) is 0.211. The molecule has 0 unspecified atom stereocenters. The van der Waals surface area contributed by atoms with Gasteiger partial charge in [-0.05, 0) is 36.8 Å². The Hall–Kier alpha value is -2.57. The summed E-state index contributed by atoms with van der Waals surface area (Å²) in [5.74, 6) is -0.398. The van der Waals surface area contributed by atoms with Crippen LogP contribution in [0.5, 0.6) is 5.75 Å². The number of benzene rings is 2. The van der Waals surface area contributed by atoms with Crippen molar-refractivity contribution < 1.29 is 19.1 Å². The average Bonchev–Trinajstić information content (AvgIpc) is 2.68. The Morgan fingerprint density at radius 3 is 2.59 bits per heavy atom. The number of hydrazone groups is 1. The molecular weight excluding hydrogens is 391 g/mol. The number of ether oxygens (including phenoxy) is 2. The second kappa shape index (κ2) is 10.5. The lowest BCUT2D eigenvalue weighted by Crippen LogP contribution is -2.24. The van der Waals surface area contributed by atoms with Crippen LogP contribution < -0.4 is 10.2 Å². The van der Waals surface area contributed by atoms with Crippen LogP contribution in [0.25, 0.3) is 0 Å². The van der Waals surface area contributed by atoms with Crippen molar-refractivity contribution in [1.82, 2.24) is 5.43 Å². The number of halogens is 2. The van der Waals surface area contributed by atoms with E-state index >= 15 is 0 Å². The smallest absolute Gasteiger partial charge is 0.338 e. The number of carbonyl (C=O) groups excluding carboxylic acids is 2. The molecule has 2 aromatic carbocycles. The number of esters is 1. The van der Waals surface area contributed by atoms with E-state index in [0.717, 1.165) is 6.42 Å². The first-order chi connectivity index (χ1) is 13.0. The summed E-state index contributed by atoms with van der Waals surface area (Å²) in [6.45, 7) is 2.06. The quantitative estimate of drug-likeness (QED) is 0.405. The molecule has 8 heteroatoms.